The summed E-state index contributed by atoms with van der Waals surface area (Å²) in [4.78, 5) is 32.1. The van der Waals surface area contributed by atoms with Crippen molar-refractivity contribution in [2.45, 2.75) is 20.8 Å². The summed E-state index contributed by atoms with van der Waals surface area (Å²) in [5.41, 5.74) is 4.88. The van der Waals surface area contributed by atoms with Crippen LogP contribution in [0.2, 0.25) is 0 Å². The third-order valence-electron chi connectivity index (χ3n) is 4.76. The number of esters is 2. The van der Waals surface area contributed by atoms with E-state index in [1.165, 1.54) is 13.1 Å². The smallest absolute Gasteiger partial charge is 0.338 e. The van der Waals surface area contributed by atoms with E-state index in [1.807, 2.05) is 6.92 Å². The van der Waals surface area contributed by atoms with Gasteiger partial charge in [-0.25, -0.2) is 14.4 Å². The minimum atomic E-state index is -0.465. The zero-order valence-electron chi connectivity index (χ0n) is 20.5. The zero-order valence-corrected chi connectivity index (χ0v) is 22.1. The Morgan fingerprint density at radius 2 is 1.74 bits per heavy atom. The van der Waals surface area contributed by atoms with Gasteiger partial charge in [0.2, 0.25) is 11.3 Å². The summed E-state index contributed by atoms with van der Waals surface area (Å²) in [5.74, 6) is 0.311. The third-order valence-corrected chi connectivity index (χ3v) is 5.45. The lowest BCUT2D eigenvalue weighted by atomic mass is 10.2. The predicted octanol–water partition coefficient (Wildman–Crippen LogP) is 4.47. The number of hydrazone groups is 1. The lowest BCUT2D eigenvalue weighted by Crippen LogP contribution is -2.06. The number of carbonyl (C=O) groups excluding carboxylic acids is 2. The summed E-state index contributed by atoms with van der Waals surface area (Å²) in [6.45, 7) is 5.54. The molecule has 0 atom stereocenters. The molecule has 2 aromatic carbocycles. The van der Waals surface area contributed by atoms with Gasteiger partial charge in [-0.1, -0.05) is 0 Å². The van der Waals surface area contributed by atoms with Gasteiger partial charge in [0, 0.05) is 22.6 Å². The molecule has 196 valence electrons. The number of hydrogen-bond acceptors (Lipinski definition) is 13. The van der Waals surface area contributed by atoms with Crippen LogP contribution in [0.1, 0.15) is 36.7 Å². The molecule has 2 heterocycles. The SMILES string of the molecule is CCOC(=O)c1ccc(Nc2nc3nonc3nc2N/N=C\c2cc(OCC)c(OC(C)=O)cc2Br)cc1. The average molecular weight is 584 g/mol. The van der Waals surface area contributed by atoms with Gasteiger partial charge in [0.1, 0.15) is 0 Å². The van der Waals surface area contributed by atoms with Gasteiger partial charge in [-0.05, 0) is 76.5 Å². The second kappa shape index (κ2) is 12.1. The molecule has 0 unspecified atom stereocenters. The van der Waals surface area contributed by atoms with E-state index in [1.54, 1.807) is 43.3 Å². The summed E-state index contributed by atoms with van der Waals surface area (Å²) in [5, 5.41) is 14.8. The molecular weight excluding hydrogens is 562 g/mol. The van der Waals surface area contributed by atoms with Crippen LogP contribution in [0, 0.1) is 0 Å². The Kier molecular flexibility index (Phi) is 8.43. The highest BCUT2D eigenvalue weighted by Gasteiger charge is 2.15. The number of fused-ring (bicyclic) bond motifs is 1. The van der Waals surface area contributed by atoms with Crippen LogP contribution in [-0.2, 0) is 9.53 Å². The molecular formula is C24H22BrN7O6. The molecule has 0 radical (unpaired) electrons. The molecule has 0 aliphatic carbocycles. The molecule has 0 fully saturated rings. The van der Waals surface area contributed by atoms with E-state index in [0.29, 0.717) is 33.6 Å². The largest absolute Gasteiger partial charge is 0.490 e. The molecule has 0 amide bonds. The van der Waals surface area contributed by atoms with Crippen molar-refractivity contribution in [3.63, 3.8) is 0 Å². The van der Waals surface area contributed by atoms with Crippen LogP contribution in [0.5, 0.6) is 11.5 Å². The van der Waals surface area contributed by atoms with Crippen molar-refractivity contribution in [2.24, 2.45) is 5.10 Å². The maximum atomic E-state index is 11.9. The highest BCUT2D eigenvalue weighted by Crippen LogP contribution is 2.33. The highest BCUT2D eigenvalue weighted by atomic mass is 79.9. The molecule has 4 aromatic rings. The van der Waals surface area contributed by atoms with Crippen LogP contribution < -0.4 is 20.2 Å². The summed E-state index contributed by atoms with van der Waals surface area (Å²) in [7, 11) is 0. The first-order chi connectivity index (χ1) is 18.4. The Balaban J connectivity index is 1.58. The number of rotatable bonds is 10. The van der Waals surface area contributed by atoms with Crippen molar-refractivity contribution in [3.8, 4) is 11.5 Å². The fraction of sp³-hybridized carbons (Fsp3) is 0.208. The van der Waals surface area contributed by atoms with Gasteiger partial charge < -0.3 is 19.5 Å². The molecule has 0 saturated carbocycles. The number of benzene rings is 2. The van der Waals surface area contributed by atoms with E-state index >= 15 is 0 Å². The van der Waals surface area contributed by atoms with E-state index in [2.05, 4.69) is 52.1 Å². The Bertz CT molecular complexity index is 1490. The number of carbonyl (C=O) groups is 2. The zero-order chi connectivity index (χ0) is 27.1. The van der Waals surface area contributed by atoms with Gasteiger partial charge in [-0.2, -0.15) is 10.1 Å². The first kappa shape index (κ1) is 26.5. The second-order valence-electron chi connectivity index (χ2n) is 7.47. The van der Waals surface area contributed by atoms with Crippen molar-refractivity contribution in [1.82, 2.24) is 20.3 Å². The summed E-state index contributed by atoms with van der Waals surface area (Å²) in [6.07, 6.45) is 1.52. The molecule has 0 spiro atoms. The number of nitrogens with zero attached hydrogens (tertiary/aromatic N) is 5. The summed E-state index contributed by atoms with van der Waals surface area (Å²) < 4.78 is 21.2. The second-order valence-corrected chi connectivity index (χ2v) is 8.33. The molecule has 0 aliphatic rings. The van der Waals surface area contributed by atoms with Crippen molar-refractivity contribution in [3.05, 3.63) is 52.0 Å². The molecule has 0 saturated heterocycles. The Morgan fingerprint density at radius 3 is 2.39 bits per heavy atom. The Labute approximate surface area is 224 Å². The van der Waals surface area contributed by atoms with Gasteiger partial charge in [0.25, 0.3) is 0 Å². The maximum absolute atomic E-state index is 11.9. The third kappa shape index (κ3) is 6.39. The fourth-order valence-corrected chi connectivity index (χ4v) is 3.58. The summed E-state index contributed by atoms with van der Waals surface area (Å²) in [6, 6.07) is 9.95. The number of ether oxygens (including phenoxy) is 3. The van der Waals surface area contributed by atoms with E-state index in [0.717, 1.165) is 0 Å². The maximum Gasteiger partial charge on any atom is 0.338 e. The van der Waals surface area contributed by atoms with E-state index in [9.17, 15) is 9.59 Å². The molecule has 4 rings (SSSR count). The van der Waals surface area contributed by atoms with Crippen LogP contribution in [0.4, 0.5) is 17.3 Å². The molecule has 0 aliphatic heterocycles. The summed E-state index contributed by atoms with van der Waals surface area (Å²) >= 11 is 3.45. The average Bonchev–Trinajstić information content (AvgIpc) is 3.34. The lowest BCUT2D eigenvalue weighted by molar-refractivity contribution is -0.132. The first-order valence-corrected chi connectivity index (χ1v) is 12.2. The molecule has 38 heavy (non-hydrogen) atoms. The van der Waals surface area contributed by atoms with Crippen LogP contribution in [0.3, 0.4) is 0 Å². The predicted molar refractivity (Wildman–Crippen MR) is 141 cm³/mol. The van der Waals surface area contributed by atoms with E-state index < -0.39 is 11.9 Å². The van der Waals surface area contributed by atoms with Crippen LogP contribution in [-0.4, -0.2) is 51.6 Å². The van der Waals surface area contributed by atoms with Crippen molar-refractivity contribution in [2.75, 3.05) is 24.0 Å². The van der Waals surface area contributed by atoms with Gasteiger partial charge in [0.05, 0.1) is 25.0 Å². The topological polar surface area (TPSA) is 163 Å². The number of aromatic nitrogens is 4. The van der Waals surface area contributed by atoms with Crippen LogP contribution in [0.25, 0.3) is 11.3 Å². The Morgan fingerprint density at radius 1 is 1.03 bits per heavy atom. The number of hydrogen-bond donors (Lipinski definition) is 2. The molecule has 0 bridgehead atoms. The number of anilines is 3. The molecule has 2 aromatic heterocycles. The van der Waals surface area contributed by atoms with E-state index in [-0.39, 0.29) is 35.3 Å². The number of nitrogens with one attached hydrogen (secondary N) is 2. The van der Waals surface area contributed by atoms with Gasteiger partial charge >= 0.3 is 11.9 Å². The normalized spacial score (nSPS) is 10.9. The number of halogens is 1. The lowest BCUT2D eigenvalue weighted by Gasteiger charge is -2.12. The van der Waals surface area contributed by atoms with Crippen molar-refractivity contribution < 1.29 is 28.4 Å². The molecule has 2 N–H and O–H groups in total. The minimum Gasteiger partial charge on any atom is -0.490 e. The van der Waals surface area contributed by atoms with Crippen LogP contribution >= 0.6 is 15.9 Å². The first-order valence-electron chi connectivity index (χ1n) is 11.4. The quantitative estimate of drug-likeness (QED) is 0.117. The fourth-order valence-electron chi connectivity index (χ4n) is 3.16. The van der Waals surface area contributed by atoms with Gasteiger partial charge in [-0.15, -0.1) is 0 Å². The van der Waals surface area contributed by atoms with Gasteiger partial charge in [0.15, 0.2) is 23.1 Å². The monoisotopic (exact) mass is 583 g/mol. The molecule has 14 heteroatoms. The highest BCUT2D eigenvalue weighted by molar-refractivity contribution is 9.10. The van der Waals surface area contributed by atoms with E-state index in [4.69, 9.17) is 18.8 Å². The van der Waals surface area contributed by atoms with Crippen LogP contribution in [0.15, 0.2) is 50.6 Å². The van der Waals surface area contributed by atoms with Crippen molar-refractivity contribution in [1.29, 1.82) is 0 Å². The van der Waals surface area contributed by atoms with Gasteiger partial charge in [-0.3, -0.25) is 10.2 Å². The standard InChI is InChI=1S/C24H22BrN7O6/c1-4-35-18-10-15(17(25)11-19(18)37-13(3)33)12-26-30-21-20(28-22-23(29-21)32-38-31-22)27-16-8-6-14(7-9-16)24(34)36-5-2/h6-12H,4-5H2,1-3H3,(H,27,28,31)(H,29,30,32)/b26-12-. The van der Waals surface area contributed by atoms with Crippen molar-refractivity contribution >= 4 is 62.7 Å². The minimum absolute atomic E-state index is 0.177. The molecule has 13 nitrogen and oxygen atoms in total. The Hall–Kier alpha value is -4.59.